The van der Waals surface area contributed by atoms with Gasteiger partial charge in [-0.3, -0.25) is 0 Å². The fourth-order valence-electron chi connectivity index (χ4n) is 1.06. The first-order valence-electron chi connectivity index (χ1n) is 4.66. The van der Waals surface area contributed by atoms with Crippen LogP contribution in [0.15, 0.2) is 18.2 Å². The minimum Gasteiger partial charge on any atom is -0.495 e. The number of rotatable bonds is 3. The number of methoxy groups -OCH3 is 1. The van der Waals surface area contributed by atoms with E-state index in [1.807, 2.05) is 12.1 Å². The van der Waals surface area contributed by atoms with Crippen molar-refractivity contribution in [1.29, 1.82) is 0 Å². The molecule has 0 saturated heterocycles. The number of hydrogen-bond donors (Lipinski definition) is 0. The molecule has 0 unspecified atom stereocenters. The summed E-state index contributed by atoms with van der Waals surface area (Å²) in [6, 6.07) is 5.50. The van der Waals surface area contributed by atoms with E-state index in [9.17, 15) is 0 Å². The minimum atomic E-state index is 0.585. The third-order valence-corrected chi connectivity index (χ3v) is 2.38. The van der Waals surface area contributed by atoms with Crippen molar-refractivity contribution in [2.75, 3.05) is 13.0 Å². The smallest absolute Gasteiger partial charge is 0.137 e. The Morgan fingerprint density at radius 2 is 2.20 bits per heavy atom. The molecular formula is C12H12Cl2O. The number of benzene rings is 1. The Hall–Kier alpha value is -0.840. The van der Waals surface area contributed by atoms with Gasteiger partial charge in [-0.15, -0.1) is 11.6 Å². The molecule has 0 aliphatic rings. The maximum Gasteiger partial charge on any atom is 0.137 e. The topological polar surface area (TPSA) is 9.23 Å². The van der Waals surface area contributed by atoms with Gasteiger partial charge in [0.25, 0.3) is 0 Å². The number of ether oxygens (including phenoxy) is 1. The number of halogens is 2. The zero-order chi connectivity index (χ0) is 11.1. The molecule has 0 aliphatic carbocycles. The lowest BCUT2D eigenvalue weighted by molar-refractivity contribution is 0.415. The van der Waals surface area contributed by atoms with Crippen molar-refractivity contribution >= 4 is 23.2 Å². The summed E-state index contributed by atoms with van der Waals surface area (Å²) in [5, 5.41) is 0.585. The Morgan fingerprint density at radius 1 is 1.40 bits per heavy atom. The molecule has 0 fully saturated rings. The van der Waals surface area contributed by atoms with Gasteiger partial charge in [-0.1, -0.05) is 23.4 Å². The predicted octanol–water partition coefficient (Wildman–Crippen LogP) is 3.72. The van der Waals surface area contributed by atoms with Crippen LogP contribution in [0.1, 0.15) is 18.4 Å². The number of alkyl halides is 1. The highest BCUT2D eigenvalue weighted by molar-refractivity contribution is 6.32. The van der Waals surface area contributed by atoms with Crippen molar-refractivity contribution in [2.24, 2.45) is 0 Å². The third kappa shape index (κ3) is 4.03. The molecule has 0 N–H and O–H groups in total. The lowest BCUT2D eigenvalue weighted by Crippen LogP contribution is -1.84. The molecule has 1 nitrogen and oxygen atoms in total. The largest absolute Gasteiger partial charge is 0.495 e. The molecule has 0 spiro atoms. The normalized spacial score (nSPS) is 9.27. The van der Waals surface area contributed by atoms with Crippen molar-refractivity contribution in [2.45, 2.75) is 12.8 Å². The van der Waals surface area contributed by atoms with Crippen LogP contribution in [0.4, 0.5) is 0 Å². The summed E-state index contributed by atoms with van der Waals surface area (Å²) in [7, 11) is 1.59. The van der Waals surface area contributed by atoms with Gasteiger partial charge < -0.3 is 4.74 Å². The Bertz CT molecular complexity index is 377. The molecule has 80 valence electrons. The zero-order valence-electron chi connectivity index (χ0n) is 8.52. The van der Waals surface area contributed by atoms with E-state index in [4.69, 9.17) is 27.9 Å². The SMILES string of the molecule is COc1ccc(C#CCCCCl)cc1Cl. The van der Waals surface area contributed by atoms with Gasteiger partial charge in [0.2, 0.25) is 0 Å². The van der Waals surface area contributed by atoms with Crippen LogP contribution in [-0.2, 0) is 0 Å². The molecule has 0 atom stereocenters. The average molecular weight is 243 g/mol. The highest BCUT2D eigenvalue weighted by atomic mass is 35.5. The van der Waals surface area contributed by atoms with Gasteiger partial charge in [-0.25, -0.2) is 0 Å². The van der Waals surface area contributed by atoms with E-state index in [-0.39, 0.29) is 0 Å². The molecule has 15 heavy (non-hydrogen) atoms. The van der Waals surface area contributed by atoms with Crippen LogP contribution >= 0.6 is 23.2 Å². The molecule has 1 aromatic rings. The van der Waals surface area contributed by atoms with Gasteiger partial charge in [0, 0.05) is 17.9 Å². The fraction of sp³-hybridized carbons (Fsp3) is 0.333. The molecule has 0 heterocycles. The molecule has 1 rings (SSSR count). The first-order valence-corrected chi connectivity index (χ1v) is 5.57. The van der Waals surface area contributed by atoms with Crippen molar-refractivity contribution in [3.05, 3.63) is 28.8 Å². The van der Waals surface area contributed by atoms with E-state index in [0.29, 0.717) is 16.7 Å². The highest BCUT2D eigenvalue weighted by Crippen LogP contribution is 2.24. The zero-order valence-corrected chi connectivity index (χ0v) is 10.0. The van der Waals surface area contributed by atoms with Crippen LogP contribution in [0.25, 0.3) is 0 Å². The van der Waals surface area contributed by atoms with E-state index in [2.05, 4.69) is 11.8 Å². The maximum atomic E-state index is 5.96. The Kier molecular flexibility index (Phi) is 5.39. The minimum absolute atomic E-state index is 0.585. The second-order valence-electron chi connectivity index (χ2n) is 2.94. The van der Waals surface area contributed by atoms with Gasteiger partial charge in [-0.05, 0) is 24.6 Å². The Labute approximate surface area is 100 Å². The third-order valence-electron chi connectivity index (χ3n) is 1.82. The average Bonchev–Trinajstić information content (AvgIpc) is 2.25. The molecule has 1 aromatic carbocycles. The predicted molar refractivity (Wildman–Crippen MR) is 64.8 cm³/mol. The highest BCUT2D eigenvalue weighted by Gasteiger charge is 1.99. The quantitative estimate of drug-likeness (QED) is 0.446. The van der Waals surface area contributed by atoms with Crippen molar-refractivity contribution in [3.63, 3.8) is 0 Å². The summed E-state index contributed by atoms with van der Waals surface area (Å²) in [4.78, 5) is 0. The molecular weight excluding hydrogens is 231 g/mol. The summed E-state index contributed by atoms with van der Waals surface area (Å²) in [6.45, 7) is 0. The molecule has 0 radical (unpaired) electrons. The molecule has 0 aromatic heterocycles. The summed E-state index contributed by atoms with van der Waals surface area (Å²) in [5.41, 5.74) is 0.898. The Balaban J connectivity index is 2.69. The second kappa shape index (κ2) is 6.61. The molecule has 0 bridgehead atoms. The van der Waals surface area contributed by atoms with Gasteiger partial charge in [0.05, 0.1) is 12.1 Å². The van der Waals surface area contributed by atoms with Crippen LogP contribution in [0.2, 0.25) is 5.02 Å². The van der Waals surface area contributed by atoms with Crippen LogP contribution in [0, 0.1) is 11.8 Å². The summed E-state index contributed by atoms with van der Waals surface area (Å²) >= 11 is 11.5. The summed E-state index contributed by atoms with van der Waals surface area (Å²) in [5.74, 6) is 7.38. The van der Waals surface area contributed by atoms with Crippen molar-refractivity contribution < 1.29 is 4.74 Å². The van der Waals surface area contributed by atoms with Gasteiger partial charge in [0.1, 0.15) is 5.75 Å². The Morgan fingerprint density at radius 3 is 2.80 bits per heavy atom. The van der Waals surface area contributed by atoms with Crippen LogP contribution in [0.5, 0.6) is 5.75 Å². The van der Waals surface area contributed by atoms with Gasteiger partial charge >= 0.3 is 0 Å². The molecule has 0 amide bonds. The van der Waals surface area contributed by atoms with E-state index in [1.165, 1.54) is 0 Å². The first kappa shape index (κ1) is 12.2. The molecule has 3 heteroatoms. The second-order valence-corrected chi connectivity index (χ2v) is 3.73. The van der Waals surface area contributed by atoms with Crippen LogP contribution in [-0.4, -0.2) is 13.0 Å². The number of unbranched alkanes of at least 4 members (excludes halogenated alkanes) is 1. The lowest BCUT2D eigenvalue weighted by atomic mass is 10.2. The maximum absolute atomic E-state index is 5.96. The van der Waals surface area contributed by atoms with Crippen LogP contribution < -0.4 is 4.74 Å². The van der Waals surface area contributed by atoms with Crippen molar-refractivity contribution in [1.82, 2.24) is 0 Å². The van der Waals surface area contributed by atoms with E-state index < -0.39 is 0 Å². The van der Waals surface area contributed by atoms with E-state index in [1.54, 1.807) is 13.2 Å². The van der Waals surface area contributed by atoms with E-state index >= 15 is 0 Å². The van der Waals surface area contributed by atoms with Gasteiger partial charge in [-0.2, -0.15) is 0 Å². The first-order chi connectivity index (χ1) is 7.27. The molecule has 0 aliphatic heterocycles. The molecule has 0 saturated carbocycles. The van der Waals surface area contributed by atoms with Crippen molar-refractivity contribution in [3.8, 4) is 17.6 Å². The van der Waals surface area contributed by atoms with Crippen LogP contribution in [0.3, 0.4) is 0 Å². The fourth-order valence-corrected chi connectivity index (χ4v) is 1.46. The summed E-state index contributed by atoms with van der Waals surface area (Å²) < 4.78 is 5.05. The summed E-state index contributed by atoms with van der Waals surface area (Å²) in [6.07, 6.45) is 1.73. The van der Waals surface area contributed by atoms with E-state index in [0.717, 1.165) is 18.4 Å². The standard InChI is InChI=1S/C12H12Cl2O/c1-15-12-7-6-10(9-11(12)14)5-3-2-4-8-13/h6-7,9H,2,4,8H2,1H3. The monoisotopic (exact) mass is 242 g/mol. The van der Waals surface area contributed by atoms with Gasteiger partial charge in [0.15, 0.2) is 0 Å². The number of hydrogen-bond acceptors (Lipinski definition) is 1. The lowest BCUT2D eigenvalue weighted by Gasteiger charge is -2.01.